The van der Waals surface area contributed by atoms with Crippen molar-refractivity contribution in [2.24, 2.45) is 5.92 Å². The van der Waals surface area contributed by atoms with Gasteiger partial charge in [0, 0.05) is 36.8 Å². The number of H-pyrrole nitrogens is 1. The van der Waals surface area contributed by atoms with Gasteiger partial charge in [0.15, 0.2) is 4.99 Å². The number of hydrogen-bond donors (Lipinski definition) is 2. The number of nitrogens with zero attached hydrogens (tertiary/aromatic N) is 3. The Morgan fingerprint density at radius 2 is 1.45 bits per heavy atom. The molecule has 358 valence electrons. The van der Waals surface area contributed by atoms with E-state index in [1.165, 1.54) is 16.8 Å². The second-order valence-electron chi connectivity index (χ2n) is 16.5. The molecule has 3 aromatic carbocycles. The van der Waals surface area contributed by atoms with Gasteiger partial charge in [-0.05, 0) is 81.5 Å². The fourth-order valence-electron chi connectivity index (χ4n) is 8.29. The van der Waals surface area contributed by atoms with Crippen LogP contribution in [0.5, 0.6) is 11.5 Å². The fraction of sp³-hybridized carbons (Fsp3) is 0.500. The molecule has 1 aromatic heterocycles. The lowest BCUT2D eigenvalue weighted by atomic mass is 9.80. The molecule has 0 spiro atoms. The summed E-state index contributed by atoms with van der Waals surface area (Å²) in [7, 11) is 1.39. The smallest absolute Gasteiger partial charge is 0.441 e. The number of aromatic amines is 1. The Labute approximate surface area is 391 Å². The predicted molar refractivity (Wildman–Crippen MR) is 253 cm³/mol. The number of unbranched alkanes of at least 4 members (excludes halogenated alkanes) is 4. The van der Waals surface area contributed by atoms with E-state index in [1.807, 2.05) is 107 Å². The van der Waals surface area contributed by atoms with E-state index in [2.05, 4.69) is 32.0 Å². The zero-order chi connectivity index (χ0) is 47.9. The van der Waals surface area contributed by atoms with Gasteiger partial charge in [0.05, 0.1) is 20.8 Å². The van der Waals surface area contributed by atoms with Gasteiger partial charge < -0.3 is 38.2 Å². The highest BCUT2D eigenvalue weighted by Crippen LogP contribution is 2.53. The van der Waals surface area contributed by atoms with Gasteiger partial charge in [-0.1, -0.05) is 92.5 Å². The molecule has 0 radical (unpaired) electrons. The van der Waals surface area contributed by atoms with Crippen LogP contribution in [0.3, 0.4) is 0 Å². The monoisotopic (exact) mass is 955 g/mol. The molecule has 13 nitrogen and oxygen atoms in total. The molecule has 2 N–H and O–H groups in total. The molecular formula is C48H61F3N5O8PS. The van der Waals surface area contributed by atoms with Crippen LogP contribution in [0.15, 0.2) is 101 Å². The summed E-state index contributed by atoms with van der Waals surface area (Å²) in [4.78, 5) is 30.8. The van der Waals surface area contributed by atoms with E-state index < -0.39 is 60.9 Å². The fourth-order valence-corrected chi connectivity index (χ4v) is 10.2. The van der Waals surface area contributed by atoms with E-state index in [9.17, 15) is 22.8 Å². The molecule has 5 atom stereocenters. The van der Waals surface area contributed by atoms with Crippen LogP contribution in [0, 0.1) is 12.5 Å². The van der Waals surface area contributed by atoms with Gasteiger partial charge in [0.25, 0.3) is 14.1 Å². The summed E-state index contributed by atoms with van der Waals surface area (Å²) < 4.78 is 81.3. The average Bonchev–Trinajstić information content (AvgIpc) is 3.63. The van der Waals surface area contributed by atoms with Crippen molar-refractivity contribution in [1.82, 2.24) is 19.5 Å². The summed E-state index contributed by atoms with van der Waals surface area (Å²) in [5.74, 6) is 0.833. The summed E-state index contributed by atoms with van der Waals surface area (Å²) in [6, 6.07) is 26.4. The number of halogens is 3. The Hall–Kier alpha value is -4.66. The normalized spacial score (nSPS) is 18.1. The van der Waals surface area contributed by atoms with E-state index in [0.29, 0.717) is 37.2 Å². The van der Waals surface area contributed by atoms with E-state index >= 15 is 0 Å². The number of rotatable bonds is 25. The number of hydrogen-bond acceptors (Lipinski definition) is 10. The first-order chi connectivity index (χ1) is 31.6. The molecule has 1 aliphatic heterocycles. The third-order valence-corrected chi connectivity index (χ3v) is 13.9. The summed E-state index contributed by atoms with van der Waals surface area (Å²) in [5, 5.41) is 2.29. The molecule has 0 saturated carbocycles. The molecule has 0 bridgehead atoms. The topological polar surface area (TPSA) is 130 Å². The lowest BCUT2D eigenvalue weighted by molar-refractivity contribution is -0.0933. The van der Waals surface area contributed by atoms with Gasteiger partial charge in [-0.3, -0.25) is 14.3 Å². The van der Waals surface area contributed by atoms with E-state index in [1.54, 1.807) is 14.2 Å². The largest absolute Gasteiger partial charge is 0.497 e. The van der Waals surface area contributed by atoms with Gasteiger partial charge in [-0.2, -0.15) is 13.2 Å². The van der Waals surface area contributed by atoms with Crippen LogP contribution in [-0.2, 0) is 24.1 Å². The van der Waals surface area contributed by atoms with Gasteiger partial charge >= 0.3 is 11.9 Å². The number of aromatic nitrogens is 2. The standard InChI is InChI=1S/C48H61F3N5O8PS/c1-33(2)56(34(3)4)65(62-31-29-52-5)64-43-40(18-14-9-8-10-15-28-53-45(66)48(49,50)51)44(55-30-27-42(57)54-46(55)58)63-41(43)32-61-47(35-16-12-11-13-17-35,36-19-23-38(59-6)24-20-36)37-21-25-39(60-7)26-22-37/h11-13,16-17,19-27,30,33-34,40-41,43-44H,8-10,14-15,18,28-29,31-32H2,1-4,6-7H3,(H,53,66)(H,54,57,58)/t40?,41-,43-,44-,65?/m1/s1. The van der Waals surface area contributed by atoms with Crippen LogP contribution in [0.1, 0.15) is 89.1 Å². The Morgan fingerprint density at radius 3 is 2.00 bits per heavy atom. The van der Waals surface area contributed by atoms with Crippen molar-refractivity contribution in [3.8, 4) is 11.5 Å². The minimum Gasteiger partial charge on any atom is -0.497 e. The Bertz CT molecular complexity index is 2220. The molecule has 1 aliphatic rings. The number of alkyl halides is 3. The minimum absolute atomic E-state index is 0.0204. The highest BCUT2D eigenvalue weighted by atomic mass is 32.1. The van der Waals surface area contributed by atoms with E-state index in [4.69, 9.17) is 34.6 Å². The first-order valence-corrected chi connectivity index (χ1v) is 23.7. The second kappa shape index (κ2) is 24.9. The zero-order valence-electron chi connectivity index (χ0n) is 38.3. The van der Waals surface area contributed by atoms with Crippen LogP contribution in [0.25, 0.3) is 4.85 Å². The van der Waals surface area contributed by atoms with Gasteiger partial charge in [0.1, 0.15) is 42.1 Å². The van der Waals surface area contributed by atoms with Crippen molar-refractivity contribution >= 4 is 25.7 Å². The molecule has 1 saturated heterocycles. The molecular weight excluding hydrogens is 895 g/mol. The van der Waals surface area contributed by atoms with Crippen LogP contribution in [0.4, 0.5) is 13.2 Å². The first-order valence-electron chi connectivity index (χ1n) is 22.2. The predicted octanol–water partition coefficient (Wildman–Crippen LogP) is 9.56. The summed E-state index contributed by atoms with van der Waals surface area (Å²) >= 11 is 4.45. The lowest BCUT2D eigenvalue weighted by Gasteiger charge is -2.39. The number of methoxy groups -OCH3 is 2. The molecule has 66 heavy (non-hydrogen) atoms. The molecule has 18 heteroatoms. The Kier molecular flexibility index (Phi) is 19.8. The molecule has 2 heterocycles. The summed E-state index contributed by atoms with van der Waals surface area (Å²) in [5.41, 5.74) is -0.0209. The van der Waals surface area contributed by atoms with Crippen LogP contribution >= 0.6 is 20.7 Å². The van der Waals surface area contributed by atoms with Crippen LogP contribution in [0.2, 0.25) is 0 Å². The van der Waals surface area contributed by atoms with Crippen LogP contribution < -0.4 is 26.0 Å². The highest BCUT2D eigenvalue weighted by Gasteiger charge is 2.50. The van der Waals surface area contributed by atoms with Gasteiger partial charge in [-0.15, -0.1) is 0 Å². The number of ether oxygens (including phenoxy) is 4. The van der Waals surface area contributed by atoms with Gasteiger partial charge in [0.2, 0.25) is 6.54 Å². The summed E-state index contributed by atoms with van der Waals surface area (Å²) in [6.45, 7) is 16.0. The van der Waals surface area contributed by atoms with Crippen molar-refractivity contribution in [2.45, 2.75) is 109 Å². The zero-order valence-corrected chi connectivity index (χ0v) is 40.0. The quantitative estimate of drug-likeness (QED) is 0.0217. The van der Waals surface area contributed by atoms with E-state index in [-0.39, 0.29) is 38.4 Å². The maximum absolute atomic E-state index is 13.6. The van der Waals surface area contributed by atoms with Crippen molar-refractivity contribution in [3.05, 3.63) is 140 Å². The van der Waals surface area contributed by atoms with Gasteiger partial charge in [-0.25, -0.2) is 16.0 Å². The highest BCUT2D eigenvalue weighted by molar-refractivity contribution is 7.80. The maximum atomic E-state index is 13.6. The summed E-state index contributed by atoms with van der Waals surface area (Å²) in [6.07, 6.45) is -1.84. The molecule has 0 amide bonds. The Morgan fingerprint density at radius 1 is 0.879 bits per heavy atom. The van der Waals surface area contributed by atoms with Crippen LogP contribution in [-0.4, -0.2) is 90.2 Å². The third-order valence-electron chi connectivity index (χ3n) is 11.4. The Balaban J connectivity index is 1.58. The molecule has 5 rings (SSSR count). The molecule has 1 fully saturated rings. The molecule has 4 aromatic rings. The minimum atomic E-state index is -4.57. The van der Waals surface area contributed by atoms with Crippen molar-refractivity contribution < 1.29 is 41.2 Å². The third kappa shape index (κ3) is 13.5. The SMILES string of the molecule is [C-]#[N+]CCOP(O[C@@H]1C(CCCCCCCNC(=S)C(F)(F)F)[C@H](n2ccc(=O)[nH]c2=O)O[C@@H]1COC(c1ccccc1)(c1ccc(OC)cc1)c1ccc(OC)cc1)N(C(C)C)C(C)C. The number of benzene rings is 3. The number of nitrogens with one attached hydrogen (secondary N) is 2. The lowest BCUT2D eigenvalue weighted by Crippen LogP contribution is -2.41. The molecule has 0 aliphatic carbocycles. The van der Waals surface area contributed by atoms with Crippen molar-refractivity contribution in [1.29, 1.82) is 0 Å². The average molecular weight is 956 g/mol. The number of thiocarbonyl (C=S) groups is 1. The van der Waals surface area contributed by atoms with Crippen molar-refractivity contribution in [3.63, 3.8) is 0 Å². The molecule has 2 unspecified atom stereocenters. The maximum Gasteiger partial charge on any atom is 0.441 e. The first kappa shape index (κ1) is 52.3. The second-order valence-corrected chi connectivity index (χ2v) is 18.3. The van der Waals surface area contributed by atoms with E-state index in [0.717, 1.165) is 29.5 Å². The van der Waals surface area contributed by atoms with Crippen molar-refractivity contribution in [2.75, 3.05) is 40.5 Å².